The third-order valence-corrected chi connectivity index (χ3v) is 4.51. The maximum atomic E-state index is 12.0. The van der Waals surface area contributed by atoms with Gasteiger partial charge in [-0.05, 0) is 91.8 Å². The average molecular weight is 496 g/mol. The summed E-state index contributed by atoms with van der Waals surface area (Å²) < 4.78 is 27.3. The van der Waals surface area contributed by atoms with Crippen LogP contribution in [0.4, 0.5) is 4.79 Å². The van der Waals surface area contributed by atoms with Crippen molar-refractivity contribution in [1.29, 1.82) is 0 Å². The number of unbranched alkanes of at least 4 members (excludes halogenated alkanes) is 2. The summed E-state index contributed by atoms with van der Waals surface area (Å²) in [6.07, 6.45) is 3.19. The number of alkyl carbamates (subject to hydrolysis) is 1. The molecular weight excluding hydrogens is 450 g/mol. The molecule has 0 heterocycles. The summed E-state index contributed by atoms with van der Waals surface area (Å²) in [4.78, 5) is 23.5. The zero-order valence-corrected chi connectivity index (χ0v) is 22.6. The van der Waals surface area contributed by atoms with Gasteiger partial charge in [0.2, 0.25) is 0 Å². The molecule has 0 spiro atoms. The first-order valence-electron chi connectivity index (χ1n) is 12.5. The van der Waals surface area contributed by atoms with Gasteiger partial charge in [-0.1, -0.05) is 12.1 Å². The summed E-state index contributed by atoms with van der Waals surface area (Å²) in [5.74, 6) is 0.433. The lowest BCUT2D eigenvalue weighted by Crippen LogP contribution is -2.34. The minimum atomic E-state index is -0.530. The fourth-order valence-corrected chi connectivity index (χ4v) is 3.01. The second-order valence-electron chi connectivity index (χ2n) is 10.5. The highest BCUT2D eigenvalue weighted by atomic mass is 16.6. The molecule has 1 aromatic carbocycles. The van der Waals surface area contributed by atoms with Crippen molar-refractivity contribution in [3.63, 3.8) is 0 Å². The molecular formula is C27H45NO7. The molecule has 0 saturated heterocycles. The van der Waals surface area contributed by atoms with E-state index in [1.54, 1.807) is 0 Å². The third-order valence-electron chi connectivity index (χ3n) is 4.51. The Morgan fingerprint density at radius 3 is 2.14 bits per heavy atom. The van der Waals surface area contributed by atoms with E-state index in [9.17, 15) is 9.59 Å². The van der Waals surface area contributed by atoms with Crippen LogP contribution in [0.2, 0.25) is 0 Å². The van der Waals surface area contributed by atoms with Crippen molar-refractivity contribution in [3.8, 4) is 5.75 Å². The lowest BCUT2D eigenvalue weighted by Gasteiger charge is -2.22. The Morgan fingerprint density at radius 1 is 0.829 bits per heavy atom. The summed E-state index contributed by atoms with van der Waals surface area (Å²) in [7, 11) is 0. The topological polar surface area (TPSA) is 92.3 Å². The summed E-state index contributed by atoms with van der Waals surface area (Å²) >= 11 is 0. The fourth-order valence-electron chi connectivity index (χ4n) is 3.01. The minimum absolute atomic E-state index is 0.0284. The number of nitrogens with one attached hydrogen (secondary N) is 1. The molecule has 0 bridgehead atoms. The molecule has 0 unspecified atom stereocenters. The lowest BCUT2D eigenvalue weighted by atomic mass is 10.1. The number of ether oxygens (including phenoxy) is 5. The van der Waals surface area contributed by atoms with E-state index in [-0.39, 0.29) is 18.6 Å². The number of carbonyl (C=O) groups is 2. The van der Waals surface area contributed by atoms with Gasteiger partial charge in [0.05, 0.1) is 12.6 Å². The first-order chi connectivity index (χ1) is 16.4. The number of esters is 1. The first-order valence-corrected chi connectivity index (χ1v) is 12.5. The van der Waals surface area contributed by atoms with Crippen molar-refractivity contribution in [2.75, 3.05) is 33.0 Å². The number of hydrogen-bond acceptors (Lipinski definition) is 7. The van der Waals surface area contributed by atoms with E-state index in [0.717, 1.165) is 37.0 Å². The van der Waals surface area contributed by atoms with E-state index >= 15 is 0 Å². The van der Waals surface area contributed by atoms with Crippen LogP contribution in [0.5, 0.6) is 5.75 Å². The van der Waals surface area contributed by atoms with Crippen LogP contribution in [0, 0.1) is 0 Å². The Hall–Kier alpha value is -2.32. The maximum absolute atomic E-state index is 12.0. The van der Waals surface area contributed by atoms with Gasteiger partial charge in [0, 0.05) is 19.8 Å². The normalized spacial score (nSPS) is 12.7. The molecule has 1 rings (SSSR count). The Bertz CT molecular complexity index is 753. The van der Waals surface area contributed by atoms with Crippen LogP contribution < -0.4 is 10.1 Å². The van der Waals surface area contributed by atoms with E-state index in [0.29, 0.717) is 26.4 Å². The SMILES string of the molecule is C[C@@H](NC(=O)OC(C)(C)C)c1cccc(OCCCCCOCCCOCC(=O)OC(C)(C)C)c1. The predicted molar refractivity (Wildman–Crippen MR) is 136 cm³/mol. The van der Waals surface area contributed by atoms with Crippen molar-refractivity contribution in [2.24, 2.45) is 0 Å². The molecule has 0 fully saturated rings. The molecule has 8 heteroatoms. The number of rotatable bonds is 15. The van der Waals surface area contributed by atoms with Crippen LogP contribution in [-0.4, -0.2) is 56.3 Å². The van der Waals surface area contributed by atoms with Crippen molar-refractivity contribution in [1.82, 2.24) is 5.32 Å². The molecule has 0 aliphatic heterocycles. The van der Waals surface area contributed by atoms with Crippen LogP contribution in [0.1, 0.15) is 85.8 Å². The highest BCUT2D eigenvalue weighted by Gasteiger charge is 2.18. The molecule has 0 radical (unpaired) electrons. The van der Waals surface area contributed by atoms with E-state index in [1.807, 2.05) is 72.7 Å². The standard InChI is InChI=1S/C27H45NO7/c1-21(28-25(30)35-27(5,6)7)22-13-11-14-23(19-22)33-18-10-8-9-15-31-16-12-17-32-20-24(29)34-26(2,3)4/h11,13-14,19,21H,8-10,12,15-18,20H2,1-7H3,(H,28,30)/t21-/m1/s1. The van der Waals surface area contributed by atoms with Crippen LogP contribution in [0.25, 0.3) is 0 Å². The molecule has 200 valence electrons. The van der Waals surface area contributed by atoms with Gasteiger partial charge in [-0.2, -0.15) is 0 Å². The minimum Gasteiger partial charge on any atom is -0.494 e. The first kappa shape index (κ1) is 30.7. The highest BCUT2D eigenvalue weighted by molar-refractivity contribution is 5.71. The van der Waals surface area contributed by atoms with Gasteiger partial charge in [-0.3, -0.25) is 0 Å². The highest BCUT2D eigenvalue weighted by Crippen LogP contribution is 2.20. The molecule has 1 amide bonds. The Labute approximate surface area is 211 Å². The van der Waals surface area contributed by atoms with E-state index in [2.05, 4.69) is 5.32 Å². The molecule has 0 aromatic heterocycles. The largest absolute Gasteiger partial charge is 0.494 e. The summed E-state index contributed by atoms with van der Waals surface area (Å²) in [6.45, 7) is 15.3. The van der Waals surface area contributed by atoms with E-state index < -0.39 is 17.3 Å². The fraction of sp³-hybridized carbons (Fsp3) is 0.704. The van der Waals surface area contributed by atoms with Gasteiger partial charge in [0.25, 0.3) is 0 Å². The molecule has 0 aliphatic rings. The molecule has 1 N–H and O–H groups in total. The number of hydrogen-bond donors (Lipinski definition) is 1. The van der Waals surface area contributed by atoms with Crippen LogP contribution in [0.3, 0.4) is 0 Å². The quantitative estimate of drug-likeness (QED) is 0.251. The maximum Gasteiger partial charge on any atom is 0.408 e. The Balaban J connectivity index is 2.09. The van der Waals surface area contributed by atoms with Crippen LogP contribution in [-0.2, 0) is 23.7 Å². The monoisotopic (exact) mass is 495 g/mol. The van der Waals surface area contributed by atoms with Gasteiger partial charge in [-0.15, -0.1) is 0 Å². The van der Waals surface area contributed by atoms with E-state index in [1.165, 1.54) is 0 Å². The zero-order valence-electron chi connectivity index (χ0n) is 22.6. The van der Waals surface area contributed by atoms with Gasteiger partial charge >= 0.3 is 12.1 Å². The second kappa shape index (κ2) is 15.6. The smallest absolute Gasteiger partial charge is 0.408 e. The van der Waals surface area contributed by atoms with Gasteiger partial charge in [0.15, 0.2) is 0 Å². The molecule has 0 saturated carbocycles. The van der Waals surface area contributed by atoms with Gasteiger partial charge < -0.3 is 29.0 Å². The van der Waals surface area contributed by atoms with Crippen LogP contribution >= 0.6 is 0 Å². The Morgan fingerprint density at radius 2 is 1.46 bits per heavy atom. The molecule has 0 aliphatic carbocycles. The predicted octanol–water partition coefficient (Wildman–Crippen LogP) is 5.59. The third kappa shape index (κ3) is 16.9. The lowest BCUT2D eigenvalue weighted by molar-refractivity contribution is -0.160. The van der Waals surface area contributed by atoms with Crippen molar-refractivity contribution in [3.05, 3.63) is 29.8 Å². The number of carbonyl (C=O) groups excluding carboxylic acids is 2. The average Bonchev–Trinajstić information content (AvgIpc) is 2.72. The molecule has 35 heavy (non-hydrogen) atoms. The number of benzene rings is 1. The van der Waals surface area contributed by atoms with Crippen LogP contribution in [0.15, 0.2) is 24.3 Å². The summed E-state index contributed by atoms with van der Waals surface area (Å²) in [6, 6.07) is 7.54. The van der Waals surface area contributed by atoms with Gasteiger partial charge in [0.1, 0.15) is 23.6 Å². The summed E-state index contributed by atoms with van der Waals surface area (Å²) in [5.41, 5.74) is -0.0631. The number of amides is 1. The molecule has 8 nitrogen and oxygen atoms in total. The van der Waals surface area contributed by atoms with Crippen molar-refractivity contribution < 1.29 is 33.3 Å². The Kier molecular flexibility index (Phi) is 13.7. The van der Waals surface area contributed by atoms with Gasteiger partial charge in [-0.25, -0.2) is 9.59 Å². The van der Waals surface area contributed by atoms with E-state index in [4.69, 9.17) is 23.7 Å². The zero-order chi connectivity index (χ0) is 26.3. The van der Waals surface area contributed by atoms with Crippen molar-refractivity contribution in [2.45, 2.75) is 91.4 Å². The molecule has 1 atom stereocenters. The summed E-state index contributed by atoms with van der Waals surface area (Å²) in [5, 5.41) is 2.85. The van der Waals surface area contributed by atoms with Crippen molar-refractivity contribution >= 4 is 12.1 Å². The second-order valence-corrected chi connectivity index (χ2v) is 10.5. The molecule has 1 aromatic rings.